The van der Waals surface area contributed by atoms with Gasteiger partial charge in [-0.1, -0.05) is 60.7 Å². The molecule has 1 aliphatic carbocycles. The van der Waals surface area contributed by atoms with E-state index in [1.54, 1.807) is 20.8 Å². The Bertz CT molecular complexity index is 2510. The van der Waals surface area contributed by atoms with Crippen molar-refractivity contribution in [3.8, 4) is 0 Å². The highest BCUT2D eigenvalue weighted by molar-refractivity contribution is 8.00. The molecule has 3 fully saturated rings. The molecule has 2 N–H and O–H groups in total. The van der Waals surface area contributed by atoms with Crippen LogP contribution in [-0.2, 0) is 23.8 Å². The molecule has 1 saturated carbocycles. The predicted molar refractivity (Wildman–Crippen MR) is 223 cm³/mol. The van der Waals surface area contributed by atoms with Crippen molar-refractivity contribution in [2.24, 2.45) is 0 Å². The lowest BCUT2D eigenvalue weighted by molar-refractivity contribution is -0.153. The van der Waals surface area contributed by atoms with E-state index in [-0.39, 0.29) is 54.6 Å². The van der Waals surface area contributed by atoms with Gasteiger partial charge in [-0.3, -0.25) is 14.5 Å². The number of β-lactam (4-membered cyclic amide) rings is 1. The summed E-state index contributed by atoms with van der Waals surface area (Å²) in [5, 5.41) is 11.1. The standard InChI is InChI=1S/C44H43F2N5O10S/c1-44(2,3)61-42(57)47-32-38(53)51-33(41(56)60-37(24-10-6-4-7-11-24)25-12-8-5-9-13-25)26(23-62-39(32)51)22-59-43(58)49-18-16-48(17-19-49)35-30(45)20-28-34(31(35)46)50(27-14-15-27)21-29(36(28)52)40(54)55/h4-13,20-21,27,32,37,39H,14-19,22-23H2,1-3H3,(H,47,57)(H,54,55)/t32-,39-/m1/s1. The molecule has 3 amide bonds. The summed E-state index contributed by atoms with van der Waals surface area (Å²) in [6.45, 7) is 4.63. The summed E-state index contributed by atoms with van der Waals surface area (Å²) in [5.74, 6) is -4.83. The Kier molecular flexibility index (Phi) is 11.4. The Hall–Kier alpha value is -6.43. The number of carboxylic acid groups (broad SMARTS) is 1. The zero-order valence-corrected chi connectivity index (χ0v) is 34.8. The lowest BCUT2D eigenvalue weighted by Crippen LogP contribution is -2.71. The molecule has 2 saturated heterocycles. The van der Waals surface area contributed by atoms with Gasteiger partial charge in [-0.05, 0) is 50.8 Å². The van der Waals surface area contributed by atoms with E-state index in [0.717, 1.165) is 12.3 Å². The summed E-state index contributed by atoms with van der Waals surface area (Å²) in [6.07, 6.45) is -0.0345. The first-order valence-electron chi connectivity index (χ1n) is 20.0. The predicted octanol–water partition coefficient (Wildman–Crippen LogP) is 5.97. The lowest BCUT2D eigenvalue weighted by Gasteiger charge is -2.49. The molecule has 4 heterocycles. The average molecular weight is 872 g/mol. The van der Waals surface area contributed by atoms with Crippen LogP contribution in [0.3, 0.4) is 0 Å². The molecular formula is C44H43F2N5O10S. The number of carboxylic acids is 1. The molecule has 2 atom stereocenters. The molecule has 8 rings (SSSR count). The van der Waals surface area contributed by atoms with Crippen LogP contribution in [-0.4, -0.2) is 105 Å². The van der Waals surface area contributed by atoms with Crippen LogP contribution in [0, 0.1) is 11.6 Å². The highest BCUT2D eigenvalue weighted by Gasteiger charge is 2.55. The van der Waals surface area contributed by atoms with Gasteiger partial charge in [0.2, 0.25) is 5.43 Å². The number of alkyl carbamates (subject to hydrolysis) is 1. The number of esters is 1. The summed E-state index contributed by atoms with van der Waals surface area (Å²) in [7, 11) is 0. The van der Waals surface area contributed by atoms with E-state index in [9.17, 15) is 33.9 Å². The molecule has 0 bridgehead atoms. The van der Waals surface area contributed by atoms with E-state index in [1.165, 1.54) is 31.0 Å². The summed E-state index contributed by atoms with van der Waals surface area (Å²) in [5.41, 5.74) is -1.42. The molecule has 3 aliphatic heterocycles. The maximum atomic E-state index is 16.3. The first-order chi connectivity index (χ1) is 29.6. The van der Waals surface area contributed by atoms with E-state index < -0.39 is 88.1 Å². The highest BCUT2D eigenvalue weighted by atomic mass is 32.2. The number of ether oxygens (including phenoxy) is 3. The number of halogens is 2. The molecule has 18 heteroatoms. The molecule has 3 aromatic carbocycles. The van der Waals surface area contributed by atoms with E-state index in [4.69, 9.17) is 14.2 Å². The fourth-order valence-corrected chi connectivity index (χ4v) is 9.16. The minimum Gasteiger partial charge on any atom is -0.477 e. The topological polar surface area (TPSA) is 177 Å². The zero-order chi connectivity index (χ0) is 44.0. The van der Waals surface area contributed by atoms with Crippen molar-refractivity contribution < 1.29 is 52.1 Å². The second-order valence-electron chi connectivity index (χ2n) is 16.4. The number of amides is 3. The first-order valence-corrected chi connectivity index (χ1v) is 21.1. The molecule has 62 heavy (non-hydrogen) atoms. The number of hydrogen-bond acceptors (Lipinski definition) is 11. The van der Waals surface area contributed by atoms with Crippen molar-refractivity contribution in [1.29, 1.82) is 0 Å². The fraction of sp³-hybridized carbons (Fsp3) is 0.364. The normalized spacial score (nSPS) is 18.9. The Morgan fingerprint density at radius 3 is 2.15 bits per heavy atom. The summed E-state index contributed by atoms with van der Waals surface area (Å²) in [4.78, 5) is 83.0. The van der Waals surface area contributed by atoms with E-state index in [0.29, 0.717) is 29.5 Å². The lowest BCUT2D eigenvalue weighted by atomic mass is 10.0. The largest absolute Gasteiger partial charge is 0.477 e. The summed E-state index contributed by atoms with van der Waals surface area (Å²) < 4.78 is 50.6. The number of rotatable bonds is 10. The molecule has 15 nitrogen and oxygen atoms in total. The van der Waals surface area contributed by atoms with Crippen LogP contribution < -0.4 is 15.6 Å². The number of carbonyl (C=O) groups excluding carboxylic acids is 4. The molecule has 1 aromatic heterocycles. The molecular weight excluding hydrogens is 829 g/mol. The van der Waals surface area contributed by atoms with Gasteiger partial charge in [-0.15, -0.1) is 11.8 Å². The second kappa shape index (κ2) is 16.8. The smallest absolute Gasteiger partial charge is 0.410 e. The Morgan fingerprint density at radius 1 is 0.935 bits per heavy atom. The van der Waals surface area contributed by atoms with Crippen molar-refractivity contribution in [2.45, 2.75) is 62.8 Å². The number of aromatic nitrogens is 1. The third-order valence-corrected chi connectivity index (χ3v) is 12.3. The quantitative estimate of drug-likeness (QED) is 0.109. The molecule has 0 spiro atoms. The van der Waals surface area contributed by atoms with Crippen LogP contribution >= 0.6 is 11.8 Å². The van der Waals surface area contributed by atoms with Crippen molar-refractivity contribution in [3.05, 3.63) is 123 Å². The number of anilines is 1. The molecule has 4 aromatic rings. The maximum Gasteiger partial charge on any atom is 0.410 e. The molecule has 324 valence electrons. The SMILES string of the molecule is CC(C)(C)OC(=O)N[C@@H]1C(=O)N2C(C(=O)OC(c3ccccc3)c3ccccc3)=C(COC(=O)N3CCN(c4c(F)cc5c(=O)c(C(=O)O)cn(C6CC6)c5c4F)CC3)CS[C@H]12. The van der Waals surface area contributed by atoms with Crippen molar-refractivity contribution in [2.75, 3.05) is 43.4 Å². The summed E-state index contributed by atoms with van der Waals surface area (Å²) in [6, 6.07) is 17.8. The molecule has 4 aliphatic rings. The van der Waals surface area contributed by atoms with Gasteiger partial charge in [0.1, 0.15) is 46.4 Å². The Balaban J connectivity index is 1.01. The number of piperazine rings is 1. The van der Waals surface area contributed by atoms with Gasteiger partial charge in [0.15, 0.2) is 11.9 Å². The Morgan fingerprint density at radius 2 is 1.56 bits per heavy atom. The number of carbonyl (C=O) groups is 5. The van der Waals surface area contributed by atoms with Crippen LogP contribution in [0.5, 0.6) is 0 Å². The van der Waals surface area contributed by atoms with E-state index >= 15 is 8.78 Å². The van der Waals surface area contributed by atoms with E-state index in [1.807, 2.05) is 60.7 Å². The van der Waals surface area contributed by atoms with Gasteiger partial charge in [-0.25, -0.2) is 28.0 Å². The number of benzene rings is 3. The van der Waals surface area contributed by atoms with Gasteiger partial charge >= 0.3 is 24.1 Å². The highest BCUT2D eigenvalue weighted by Crippen LogP contribution is 2.43. The Labute approximate surface area is 358 Å². The van der Waals surface area contributed by atoms with Gasteiger partial charge in [0.25, 0.3) is 5.91 Å². The van der Waals surface area contributed by atoms with E-state index in [2.05, 4.69) is 5.32 Å². The molecule has 0 radical (unpaired) electrons. The van der Waals surface area contributed by atoms with Crippen LogP contribution in [0.2, 0.25) is 0 Å². The first kappa shape index (κ1) is 42.3. The minimum absolute atomic E-state index is 0.00758. The average Bonchev–Trinajstić information content (AvgIpc) is 4.10. The number of nitrogens with zero attached hydrogens (tertiary/aromatic N) is 4. The number of hydrogen-bond donors (Lipinski definition) is 2. The fourth-order valence-electron chi connectivity index (χ4n) is 7.83. The number of nitrogens with one attached hydrogen (secondary N) is 1. The zero-order valence-electron chi connectivity index (χ0n) is 34.0. The number of aromatic carboxylic acids is 1. The van der Waals surface area contributed by atoms with Crippen LogP contribution in [0.15, 0.2) is 89.0 Å². The van der Waals surface area contributed by atoms with Gasteiger partial charge < -0.3 is 39.0 Å². The number of thioether (sulfide) groups is 1. The minimum atomic E-state index is -1.49. The maximum absolute atomic E-state index is 16.3. The third-order valence-electron chi connectivity index (χ3n) is 10.9. The third kappa shape index (κ3) is 8.30. The molecule has 0 unspecified atom stereocenters. The van der Waals surface area contributed by atoms with Crippen molar-refractivity contribution in [1.82, 2.24) is 19.7 Å². The second-order valence-corrected chi connectivity index (χ2v) is 17.5. The van der Waals surface area contributed by atoms with Gasteiger partial charge in [-0.2, -0.15) is 0 Å². The summed E-state index contributed by atoms with van der Waals surface area (Å²) >= 11 is 1.26. The van der Waals surface area contributed by atoms with Crippen LogP contribution in [0.1, 0.15) is 67.2 Å². The van der Waals surface area contributed by atoms with Crippen molar-refractivity contribution in [3.63, 3.8) is 0 Å². The van der Waals surface area contributed by atoms with Crippen LogP contribution in [0.25, 0.3) is 10.9 Å². The van der Waals surface area contributed by atoms with Gasteiger partial charge in [0, 0.05) is 49.7 Å². The number of fused-ring (bicyclic) bond motifs is 2. The van der Waals surface area contributed by atoms with Crippen LogP contribution in [0.4, 0.5) is 24.1 Å². The monoisotopic (exact) mass is 871 g/mol. The number of pyridine rings is 1. The van der Waals surface area contributed by atoms with Gasteiger partial charge in [0.05, 0.1) is 10.9 Å². The van der Waals surface area contributed by atoms with Crippen molar-refractivity contribution >= 4 is 58.4 Å².